The summed E-state index contributed by atoms with van der Waals surface area (Å²) in [6, 6.07) is 5.29. The van der Waals surface area contributed by atoms with E-state index in [1.807, 2.05) is 6.07 Å². The third-order valence-corrected chi connectivity index (χ3v) is 5.97. The lowest BCUT2D eigenvalue weighted by molar-refractivity contribution is 0.0988. The van der Waals surface area contributed by atoms with Crippen molar-refractivity contribution in [1.82, 2.24) is 0 Å². The second-order valence-electron chi connectivity index (χ2n) is 4.21. The van der Waals surface area contributed by atoms with Gasteiger partial charge >= 0.3 is 0 Å². The summed E-state index contributed by atoms with van der Waals surface area (Å²) in [7, 11) is -1.33. The van der Waals surface area contributed by atoms with Crippen LogP contribution in [0.2, 0.25) is 0 Å². The van der Waals surface area contributed by atoms with Crippen LogP contribution in [0.15, 0.2) is 27.6 Å². The summed E-state index contributed by atoms with van der Waals surface area (Å²) < 4.78 is 32.4. The highest BCUT2D eigenvalue weighted by molar-refractivity contribution is 9.10. The van der Waals surface area contributed by atoms with Crippen molar-refractivity contribution in [2.75, 3.05) is 20.3 Å². The van der Waals surface area contributed by atoms with Crippen LogP contribution in [-0.4, -0.2) is 29.8 Å². The van der Waals surface area contributed by atoms with Crippen molar-refractivity contribution in [3.8, 4) is 5.75 Å². The standard InChI is InChI=1S/C12H16BrNO3S/c1-16-11-3-2-9(13)8-12(11)18(14,15)10-4-6-17-7-5-10/h2-3,8,10,14H,4-7H2,1H3. The van der Waals surface area contributed by atoms with E-state index in [1.54, 1.807) is 12.1 Å². The van der Waals surface area contributed by atoms with Crippen LogP contribution in [0, 0.1) is 4.78 Å². The zero-order valence-corrected chi connectivity index (χ0v) is 12.6. The van der Waals surface area contributed by atoms with Crippen molar-refractivity contribution in [3.63, 3.8) is 0 Å². The molecule has 1 atom stereocenters. The molecule has 1 aliphatic heterocycles. The van der Waals surface area contributed by atoms with E-state index in [2.05, 4.69) is 15.9 Å². The highest BCUT2D eigenvalue weighted by atomic mass is 79.9. The molecule has 0 spiro atoms. The van der Waals surface area contributed by atoms with Crippen LogP contribution in [0.5, 0.6) is 5.75 Å². The second kappa shape index (κ2) is 5.59. The van der Waals surface area contributed by atoms with Crippen LogP contribution in [0.25, 0.3) is 0 Å². The maximum absolute atomic E-state index is 12.8. The minimum atomic E-state index is -2.86. The van der Waals surface area contributed by atoms with E-state index < -0.39 is 9.73 Å². The van der Waals surface area contributed by atoms with Gasteiger partial charge in [-0.05, 0) is 31.0 Å². The fraction of sp³-hybridized carbons (Fsp3) is 0.500. The molecule has 100 valence electrons. The number of methoxy groups -OCH3 is 1. The van der Waals surface area contributed by atoms with Gasteiger partial charge in [0.15, 0.2) is 0 Å². The Kier molecular flexibility index (Phi) is 4.29. The van der Waals surface area contributed by atoms with Crippen molar-refractivity contribution < 1.29 is 13.7 Å². The lowest BCUT2D eigenvalue weighted by Crippen LogP contribution is -2.28. The van der Waals surface area contributed by atoms with Gasteiger partial charge in [0.25, 0.3) is 0 Å². The highest BCUT2D eigenvalue weighted by Crippen LogP contribution is 2.33. The zero-order chi connectivity index (χ0) is 13.2. The van der Waals surface area contributed by atoms with Crippen LogP contribution in [0.4, 0.5) is 0 Å². The average molecular weight is 334 g/mol. The van der Waals surface area contributed by atoms with Gasteiger partial charge in [-0.1, -0.05) is 15.9 Å². The molecular weight excluding hydrogens is 318 g/mol. The quantitative estimate of drug-likeness (QED) is 0.924. The maximum Gasteiger partial charge on any atom is 0.135 e. The van der Waals surface area contributed by atoms with Crippen molar-refractivity contribution >= 4 is 25.7 Å². The van der Waals surface area contributed by atoms with Gasteiger partial charge in [0.2, 0.25) is 0 Å². The molecular formula is C12H16BrNO3S. The molecule has 6 heteroatoms. The lowest BCUT2D eigenvalue weighted by Gasteiger charge is -2.25. The Bertz CT molecular complexity index is 524. The molecule has 1 unspecified atom stereocenters. The van der Waals surface area contributed by atoms with E-state index in [0.29, 0.717) is 36.7 Å². The second-order valence-corrected chi connectivity index (χ2v) is 7.43. The molecule has 0 saturated carbocycles. The van der Waals surface area contributed by atoms with Gasteiger partial charge in [0.05, 0.1) is 27.0 Å². The lowest BCUT2D eigenvalue weighted by atomic mass is 10.2. The van der Waals surface area contributed by atoms with Gasteiger partial charge < -0.3 is 9.47 Å². The Hall–Kier alpha value is -0.590. The Morgan fingerprint density at radius 2 is 2.11 bits per heavy atom. The SMILES string of the molecule is COc1ccc(Br)cc1S(=N)(=O)C1CCOCC1. The van der Waals surface area contributed by atoms with Crippen molar-refractivity contribution in [2.24, 2.45) is 0 Å². The first kappa shape index (κ1) is 13.8. The predicted octanol–water partition coefficient (Wildman–Crippen LogP) is 3.04. The molecule has 1 N–H and O–H groups in total. The predicted molar refractivity (Wildman–Crippen MR) is 73.7 cm³/mol. The fourth-order valence-corrected chi connectivity index (χ4v) is 4.56. The van der Waals surface area contributed by atoms with Crippen LogP contribution < -0.4 is 4.74 Å². The first-order valence-corrected chi connectivity index (χ1v) is 8.16. The summed E-state index contributed by atoms with van der Waals surface area (Å²) in [5.41, 5.74) is 0. The van der Waals surface area contributed by atoms with Crippen molar-refractivity contribution in [2.45, 2.75) is 23.0 Å². The normalized spacial score (nSPS) is 20.3. The topological polar surface area (TPSA) is 59.4 Å². The molecule has 0 aliphatic carbocycles. The molecule has 1 aromatic rings. The number of benzene rings is 1. The summed E-state index contributed by atoms with van der Waals surface area (Å²) in [6.07, 6.45) is 1.33. The van der Waals surface area contributed by atoms with E-state index >= 15 is 0 Å². The molecule has 0 aromatic heterocycles. The van der Waals surface area contributed by atoms with Crippen molar-refractivity contribution in [3.05, 3.63) is 22.7 Å². The first-order chi connectivity index (χ1) is 8.55. The number of hydrogen-bond acceptors (Lipinski definition) is 4. The number of ether oxygens (including phenoxy) is 2. The minimum Gasteiger partial charge on any atom is -0.495 e. The molecule has 1 heterocycles. The fourth-order valence-electron chi connectivity index (χ4n) is 2.07. The molecule has 1 fully saturated rings. The van der Waals surface area contributed by atoms with Crippen LogP contribution >= 0.6 is 15.9 Å². The zero-order valence-electron chi connectivity index (χ0n) is 10.1. The molecule has 0 radical (unpaired) electrons. The van der Waals surface area contributed by atoms with Gasteiger partial charge in [0, 0.05) is 17.7 Å². The summed E-state index contributed by atoms with van der Waals surface area (Å²) in [5.74, 6) is 0.518. The van der Waals surface area contributed by atoms with Crippen LogP contribution in [0.1, 0.15) is 12.8 Å². The molecule has 1 saturated heterocycles. The highest BCUT2D eigenvalue weighted by Gasteiger charge is 2.28. The first-order valence-electron chi connectivity index (χ1n) is 5.74. The Balaban J connectivity index is 2.42. The maximum atomic E-state index is 12.8. The molecule has 4 nitrogen and oxygen atoms in total. The minimum absolute atomic E-state index is 0.158. The van der Waals surface area contributed by atoms with E-state index in [9.17, 15) is 4.21 Å². The Labute approximate surface area is 116 Å². The average Bonchev–Trinajstić information content (AvgIpc) is 2.39. The van der Waals surface area contributed by atoms with Gasteiger partial charge in [-0.2, -0.15) is 0 Å². The Morgan fingerprint density at radius 3 is 2.72 bits per heavy atom. The van der Waals surface area contributed by atoms with E-state index in [1.165, 1.54) is 7.11 Å². The molecule has 1 aromatic carbocycles. The number of rotatable bonds is 3. The molecule has 1 aliphatic rings. The third-order valence-electron chi connectivity index (χ3n) is 3.09. The molecule has 0 amide bonds. The van der Waals surface area contributed by atoms with E-state index in [4.69, 9.17) is 14.3 Å². The summed E-state index contributed by atoms with van der Waals surface area (Å²) in [4.78, 5) is 0.478. The largest absolute Gasteiger partial charge is 0.495 e. The number of halogens is 1. The van der Waals surface area contributed by atoms with Crippen molar-refractivity contribution in [1.29, 1.82) is 4.78 Å². The van der Waals surface area contributed by atoms with Gasteiger partial charge in [-0.3, -0.25) is 0 Å². The van der Waals surface area contributed by atoms with Crippen LogP contribution in [0.3, 0.4) is 0 Å². The van der Waals surface area contributed by atoms with Gasteiger partial charge in [0.1, 0.15) is 5.75 Å². The summed E-state index contributed by atoms with van der Waals surface area (Å²) >= 11 is 3.35. The van der Waals surface area contributed by atoms with E-state index in [0.717, 1.165) is 4.47 Å². The Morgan fingerprint density at radius 1 is 1.44 bits per heavy atom. The third kappa shape index (κ3) is 2.70. The molecule has 0 bridgehead atoms. The van der Waals surface area contributed by atoms with Gasteiger partial charge in [-0.25, -0.2) is 8.99 Å². The van der Waals surface area contributed by atoms with Crippen LogP contribution in [-0.2, 0) is 14.5 Å². The smallest absolute Gasteiger partial charge is 0.135 e. The summed E-state index contributed by atoms with van der Waals surface area (Å²) in [6.45, 7) is 1.16. The van der Waals surface area contributed by atoms with Gasteiger partial charge in [-0.15, -0.1) is 0 Å². The van der Waals surface area contributed by atoms with E-state index in [-0.39, 0.29) is 5.25 Å². The number of hydrogen-bond donors (Lipinski definition) is 1. The number of nitrogens with one attached hydrogen (secondary N) is 1. The summed E-state index contributed by atoms with van der Waals surface area (Å²) in [5, 5.41) is -0.158. The monoisotopic (exact) mass is 333 g/mol. The molecule has 2 rings (SSSR count). The molecule has 18 heavy (non-hydrogen) atoms.